The number of H-pyrrole nitrogens is 1. The van der Waals surface area contributed by atoms with Gasteiger partial charge in [-0.25, -0.2) is 9.37 Å². The number of hydrogen-bond donors (Lipinski definition) is 1. The lowest BCUT2D eigenvalue weighted by atomic mass is 10.0. The van der Waals surface area contributed by atoms with Crippen LogP contribution in [0.15, 0.2) is 65.2 Å². The Kier molecular flexibility index (Phi) is 4.83. The van der Waals surface area contributed by atoms with E-state index in [4.69, 9.17) is 4.42 Å². The first kappa shape index (κ1) is 18.6. The standard InChI is InChI=1S/C24H22FN3O2/c25-18-10-8-16(9-11-18)13-19-15-26-23(30-19)22-7-3-4-12-28(22)24(29)21-14-17-5-1-2-6-20(17)27-21/h1-2,5-6,8-11,14-15,22,27H,3-4,7,12-13H2. The summed E-state index contributed by atoms with van der Waals surface area (Å²) in [6, 6.07) is 16.0. The molecule has 6 heteroatoms. The summed E-state index contributed by atoms with van der Waals surface area (Å²) < 4.78 is 19.1. The molecule has 1 atom stereocenters. The van der Waals surface area contributed by atoms with Crippen LogP contribution in [-0.2, 0) is 6.42 Å². The van der Waals surface area contributed by atoms with Gasteiger partial charge in [-0.3, -0.25) is 4.79 Å². The molecule has 0 saturated carbocycles. The number of carbonyl (C=O) groups is 1. The van der Waals surface area contributed by atoms with Crippen LogP contribution in [0.4, 0.5) is 4.39 Å². The molecular formula is C24H22FN3O2. The highest BCUT2D eigenvalue weighted by atomic mass is 19.1. The number of piperidine rings is 1. The number of carbonyl (C=O) groups excluding carboxylic acids is 1. The molecule has 4 aromatic rings. The summed E-state index contributed by atoms with van der Waals surface area (Å²) in [6.45, 7) is 0.675. The topological polar surface area (TPSA) is 62.1 Å². The lowest BCUT2D eigenvalue weighted by Crippen LogP contribution is -2.38. The summed E-state index contributed by atoms with van der Waals surface area (Å²) in [5, 5.41) is 1.02. The highest BCUT2D eigenvalue weighted by Crippen LogP contribution is 2.32. The summed E-state index contributed by atoms with van der Waals surface area (Å²) in [6.07, 6.45) is 5.06. The van der Waals surface area contributed by atoms with Gasteiger partial charge in [-0.2, -0.15) is 0 Å². The second kappa shape index (κ2) is 7.78. The van der Waals surface area contributed by atoms with Crippen molar-refractivity contribution in [1.29, 1.82) is 0 Å². The number of nitrogens with one attached hydrogen (secondary N) is 1. The first-order valence-electron chi connectivity index (χ1n) is 10.2. The van der Waals surface area contributed by atoms with E-state index in [2.05, 4.69) is 9.97 Å². The quantitative estimate of drug-likeness (QED) is 0.506. The summed E-state index contributed by atoms with van der Waals surface area (Å²) in [7, 11) is 0. The van der Waals surface area contributed by atoms with E-state index in [1.54, 1.807) is 18.3 Å². The van der Waals surface area contributed by atoms with E-state index in [1.165, 1.54) is 12.1 Å². The van der Waals surface area contributed by atoms with Gasteiger partial charge >= 0.3 is 0 Å². The van der Waals surface area contributed by atoms with Crippen molar-refractivity contribution in [2.45, 2.75) is 31.7 Å². The Hall–Kier alpha value is -3.41. The zero-order chi connectivity index (χ0) is 20.5. The molecule has 1 aliphatic rings. The summed E-state index contributed by atoms with van der Waals surface area (Å²) >= 11 is 0. The Bertz CT molecular complexity index is 1150. The normalized spacial score (nSPS) is 16.8. The Labute approximate surface area is 173 Å². The van der Waals surface area contributed by atoms with Crippen molar-refractivity contribution < 1.29 is 13.6 Å². The number of oxazole rings is 1. The number of fused-ring (bicyclic) bond motifs is 1. The third-order valence-corrected chi connectivity index (χ3v) is 5.67. The molecule has 5 nitrogen and oxygen atoms in total. The van der Waals surface area contributed by atoms with Gasteiger partial charge in [-0.1, -0.05) is 30.3 Å². The number of halogens is 1. The van der Waals surface area contributed by atoms with E-state index in [1.807, 2.05) is 35.2 Å². The maximum atomic E-state index is 13.3. The monoisotopic (exact) mass is 403 g/mol. The Morgan fingerprint density at radius 1 is 1.17 bits per heavy atom. The maximum absolute atomic E-state index is 13.3. The number of rotatable bonds is 4. The third kappa shape index (κ3) is 3.61. The van der Waals surface area contributed by atoms with Crippen molar-refractivity contribution in [1.82, 2.24) is 14.9 Å². The molecular weight excluding hydrogens is 381 g/mol. The van der Waals surface area contributed by atoms with Gasteiger partial charge in [-0.15, -0.1) is 0 Å². The minimum atomic E-state index is -0.259. The molecule has 1 N–H and O–H groups in total. The lowest BCUT2D eigenvalue weighted by molar-refractivity contribution is 0.0565. The molecule has 5 rings (SSSR count). The molecule has 1 fully saturated rings. The molecule has 1 saturated heterocycles. The third-order valence-electron chi connectivity index (χ3n) is 5.67. The van der Waals surface area contributed by atoms with Gasteiger partial charge in [-0.05, 0) is 49.1 Å². The Morgan fingerprint density at radius 3 is 2.83 bits per heavy atom. The number of aromatic nitrogens is 2. The minimum Gasteiger partial charge on any atom is -0.443 e. The van der Waals surface area contributed by atoms with Crippen molar-refractivity contribution >= 4 is 16.8 Å². The molecule has 30 heavy (non-hydrogen) atoms. The fourth-order valence-electron chi connectivity index (χ4n) is 4.14. The van der Waals surface area contributed by atoms with Crippen molar-refractivity contribution in [3.05, 3.63) is 89.5 Å². The van der Waals surface area contributed by atoms with Gasteiger partial charge in [0.1, 0.15) is 23.3 Å². The van der Waals surface area contributed by atoms with Crippen LogP contribution >= 0.6 is 0 Å². The SMILES string of the molecule is O=C(c1cc2ccccc2[nH]1)N1CCCCC1c1ncc(Cc2ccc(F)cc2)o1. The van der Waals surface area contributed by atoms with Crippen LogP contribution in [0.2, 0.25) is 0 Å². The van der Waals surface area contributed by atoms with Crippen LogP contribution in [0.25, 0.3) is 10.9 Å². The number of likely N-dealkylation sites (tertiary alicyclic amines) is 1. The van der Waals surface area contributed by atoms with Gasteiger partial charge in [0.05, 0.1) is 6.20 Å². The van der Waals surface area contributed by atoms with Gasteiger partial charge in [0.15, 0.2) is 0 Å². The summed E-state index contributed by atoms with van der Waals surface area (Å²) in [4.78, 5) is 22.8. The number of para-hydroxylation sites is 1. The van der Waals surface area contributed by atoms with Crippen LogP contribution in [0.5, 0.6) is 0 Å². The highest BCUT2D eigenvalue weighted by molar-refractivity contribution is 5.98. The van der Waals surface area contributed by atoms with E-state index in [9.17, 15) is 9.18 Å². The van der Waals surface area contributed by atoms with Gasteiger partial charge in [0, 0.05) is 23.9 Å². The van der Waals surface area contributed by atoms with E-state index >= 15 is 0 Å². The average Bonchev–Trinajstić information content (AvgIpc) is 3.42. The predicted octanol–water partition coefficient (Wildman–Crippen LogP) is 5.25. The van der Waals surface area contributed by atoms with Crippen molar-refractivity contribution in [2.75, 3.05) is 6.54 Å². The number of hydrogen-bond acceptors (Lipinski definition) is 3. The lowest BCUT2D eigenvalue weighted by Gasteiger charge is -2.33. The molecule has 2 aromatic heterocycles. The molecule has 3 heterocycles. The average molecular weight is 403 g/mol. The van der Waals surface area contributed by atoms with Crippen LogP contribution < -0.4 is 0 Å². The summed E-state index contributed by atoms with van der Waals surface area (Å²) in [5.41, 5.74) is 2.49. The van der Waals surface area contributed by atoms with Gasteiger partial charge < -0.3 is 14.3 Å². The highest BCUT2D eigenvalue weighted by Gasteiger charge is 2.32. The molecule has 0 aliphatic carbocycles. The van der Waals surface area contributed by atoms with Crippen LogP contribution in [0.3, 0.4) is 0 Å². The van der Waals surface area contributed by atoms with Gasteiger partial charge in [0.25, 0.3) is 5.91 Å². The zero-order valence-corrected chi connectivity index (χ0v) is 16.5. The van der Waals surface area contributed by atoms with E-state index < -0.39 is 0 Å². The Balaban J connectivity index is 1.38. The molecule has 1 unspecified atom stereocenters. The molecule has 0 radical (unpaired) electrons. The Morgan fingerprint density at radius 2 is 2.00 bits per heavy atom. The molecule has 1 aliphatic heterocycles. The second-order valence-electron chi connectivity index (χ2n) is 7.75. The first-order valence-corrected chi connectivity index (χ1v) is 10.2. The smallest absolute Gasteiger partial charge is 0.270 e. The van der Waals surface area contributed by atoms with Crippen LogP contribution in [0, 0.1) is 5.82 Å². The van der Waals surface area contributed by atoms with Crippen LogP contribution in [-0.4, -0.2) is 27.3 Å². The van der Waals surface area contributed by atoms with Crippen molar-refractivity contribution in [2.24, 2.45) is 0 Å². The molecule has 1 amide bonds. The minimum absolute atomic E-state index is 0.0332. The predicted molar refractivity (Wildman–Crippen MR) is 112 cm³/mol. The van der Waals surface area contributed by atoms with Gasteiger partial charge in [0.2, 0.25) is 5.89 Å². The van der Waals surface area contributed by atoms with Crippen LogP contribution in [0.1, 0.15) is 53.0 Å². The number of amides is 1. The number of nitrogens with zero attached hydrogens (tertiary/aromatic N) is 2. The van der Waals surface area contributed by atoms with Crippen molar-refractivity contribution in [3.8, 4) is 0 Å². The fourth-order valence-corrected chi connectivity index (χ4v) is 4.14. The molecule has 152 valence electrons. The molecule has 2 aromatic carbocycles. The number of aromatic amines is 1. The first-order chi connectivity index (χ1) is 14.7. The molecule has 0 spiro atoms. The molecule has 0 bridgehead atoms. The van der Waals surface area contributed by atoms with E-state index in [0.29, 0.717) is 30.3 Å². The maximum Gasteiger partial charge on any atom is 0.270 e. The summed E-state index contributed by atoms with van der Waals surface area (Å²) in [5.74, 6) is 0.982. The van der Waals surface area contributed by atoms with E-state index in [-0.39, 0.29) is 17.8 Å². The largest absolute Gasteiger partial charge is 0.443 e. The second-order valence-corrected chi connectivity index (χ2v) is 7.75. The number of benzene rings is 2. The van der Waals surface area contributed by atoms with Crippen molar-refractivity contribution in [3.63, 3.8) is 0 Å². The van der Waals surface area contributed by atoms with E-state index in [0.717, 1.165) is 35.7 Å². The fraction of sp³-hybridized carbons (Fsp3) is 0.250. The zero-order valence-electron chi connectivity index (χ0n) is 16.5.